The fourth-order valence-electron chi connectivity index (χ4n) is 1.59. The van der Waals surface area contributed by atoms with Gasteiger partial charge in [-0.1, -0.05) is 6.08 Å². The highest BCUT2D eigenvalue weighted by atomic mass is 32.2. The molecule has 2 rings (SSSR count). The van der Waals surface area contributed by atoms with Gasteiger partial charge in [0.05, 0.1) is 10.9 Å². The third-order valence-electron chi connectivity index (χ3n) is 2.32. The van der Waals surface area contributed by atoms with Crippen LogP contribution in [0.1, 0.15) is 30.0 Å². The molecule has 1 aromatic heterocycles. The number of nitrogens with zero attached hydrogens (tertiary/aromatic N) is 2. The van der Waals surface area contributed by atoms with Crippen molar-refractivity contribution in [3.8, 4) is 0 Å². The van der Waals surface area contributed by atoms with Gasteiger partial charge in [0.15, 0.2) is 0 Å². The zero-order chi connectivity index (χ0) is 9.26. The molecule has 0 saturated heterocycles. The predicted molar refractivity (Wildman–Crippen MR) is 56.7 cm³/mol. The van der Waals surface area contributed by atoms with Crippen LogP contribution in [0.15, 0.2) is 17.6 Å². The van der Waals surface area contributed by atoms with Crippen molar-refractivity contribution >= 4 is 11.8 Å². The molecule has 0 N–H and O–H groups in total. The van der Waals surface area contributed by atoms with Crippen LogP contribution in [0.4, 0.5) is 0 Å². The summed E-state index contributed by atoms with van der Waals surface area (Å²) in [6.45, 7) is 5.22. The quantitative estimate of drug-likeness (QED) is 0.720. The summed E-state index contributed by atoms with van der Waals surface area (Å²) in [4.78, 5) is 0. The molecule has 1 atom stereocenters. The van der Waals surface area contributed by atoms with Gasteiger partial charge in [0, 0.05) is 12.2 Å². The van der Waals surface area contributed by atoms with E-state index in [4.69, 9.17) is 0 Å². The number of hydrogen-bond donors (Lipinski definition) is 0. The Balaban J connectivity index is 2.21. The van der Waals surface area contributed by atoms with Gasteiger partial charge in [-0.05, 0) is 31.7 Å². The molecule has 2 nitrogen and oxygen atoms in total. The first-order valence-corrected chi connectivity index (χ1v) is 5.60. The van der Waals surface area contributed by atoms with Crippen LogP contribution >= 0.6 is 11.8 Å². The van der Waals surface area contributed by atoms with E-state index in [0.29, 0.717) is 5.25 Å². The van der Waals surface area contributed by atoms with E-state index in [0.717, 1.165) is 13.0 Å². The summed E-state index contributed by atoms with van der Waals surface area (Å²) in [5.41, 5.74) is 2.50. The lowest BCUT2D eigenvalue weighted by Gasteiger charge is -2.02. The highest BCUT2D eigenvalue weighted by Gasteiger charge is 2.17. The van der Waals surface area contributed by atoms with Crippen LogP contribution in [-0.2, 0) is 6.54 Å². The Morgan fingerprint density at radius 1 is 1.69 bits per heavy atom. The number of hydrogen-bond acceptors (Lipinski definition) is 2. The number of thioether (sulfide) groups is 1. The van der Waals surface area contributed by atoms with E-state index in [-0.39, 0.29) is 0 Å². The van der Waals surface area contributed by atoms with Gasteiger partial charge in [-0.3, -0.25) is 4.68 Å². The Labute approximate surface area is 83.0 Å². The molecule has 0 aromatic carbocycles. The van der Waals surface area contributed by atoms with Gasteiger partial charge < -0.3 is 0 Å². The second-order valence-electron chi connectivity index (χ2n) is 3.26. The topological polar surface area (TPSA) is 17.8 Å². The average Bonchev–Trinajstić information content (AvgIpc) is 2.71. The summed E-state index contributed by atoms with van der Waals surface area (Å²) in [7, 11) is 0. The Hall–Kier alpha value is -0.700. The molecule has 0 bridgehead atoms. The first-order valence-electron chi connectivity index (χ1n) is 4.66. The number of aryl methyl sites for hydroxylation is 2. The highest BCUT2D eigenvalue weighted by Crippen LogP contribution is 2.37. The summed E-state index contributed by atoms with van der Waals surface area (Å²) in [5, 5.41) is 7.30. The van der Waals surface area contributed by atoms with E-state index < -0.39 is 0 Å². The van der Waals surface area contributed by atoms with Gasteiger partial charge >= 0.3 is 0 Å². The van der Waals surface area contributed by atoms with E-state index in [2.05, 4.69) is 41.2 Å². The Kier molecular flexibility index (Phi) is 2.44. The first kappa shape index (κ1) is 8.88. The Morgan fingerprint density at radius 2 is 2.54 bits per heavy atom. The summed E-state index contributed by atoms with van der Waals surface area (Å²) >= 11 is 1.87. The zero-order valence-corrected chi connectivity index (χ0v) is 8.84. The molecular weight excluding hydrogens is 180 g/mol. The summed E-state index contributed by atoms with van der Waals surface area (Å²) in [5.74, 6) is 0. The Morgan fingerprint density at radius 3 is 3.08 bits per heavy atom. The van der Waals surface area contributed by atoms with Crippen LogP contribution in [0, 0.1) is 6.92 Å². The molecule has 1 aliphatic rings. The van der Waals surface area contributed by atoms with E-state index in [1.165, 1.54) is 11.4 Å². The molecule has 13 heavy (non-hydrogen) atoms. The van der Waals surface area contributed by atoms with Crippen LogP contribution in [-0.4, -0.2) is 9.78 Å². The minimum absolute atomic E-state index is 0.562. The van der Waals surface area contributed by atoms with Crippen LogP contribution in [0.25, 0.3) is 0 Å². The maximum Gasteiger partial charge on any atom is 0.0763 e. The Bertz CT molecular complexity index is 320. The molecule has 0 aliphatic carbocycles. The van der Waals surface area contributed by atoms with E-state index >= 15 is 0 Å². The summed E-state index contributed by atoms with van der Waals surface area (Å²) in [6.07, 6.45) is 3.35. The second kappa shape index (κ2) is 3.58. The van der Waals surface area contributed by atoms with Gasteiger partial charge in [0.1, 0.15) is 0 Å². The maximum absolute atomic E-state index is 4.57. The minimum Gasteiger partial charge on any atom is -0.270 e. The van der Waals surface area contributed by atoms with E-state index in [1.54, 1.807) is 0 Å². The molecule has 3 heteroatoms. The lowest BCUT2D eigenvalue weighted by Crippen LogP contribution is -1.99. The molecule has 0 radical (unpaired) electrons. The van der Waals surface area contributed by atoms with Crippen molar-refractivity contribution in [2.45, 2.75) is 32.1 Å². The van der Waals surface area contributed by atoms with Crippen LogP contribution < -0.4 is 0 Å². The maximum atomic E-state index is 4.57. The fraction of sp³-hybridized carbons (Fsp3) is 0.500. The molecule has 0 saturated carbocycles. The standard InChI is InChI=1S/C10H14N2S/c1-3-12-8(2)7-9(11-12)10-5-4-6-13-10/h4,6-7,10H,3,5H2,1-2H3. The second-order valence-corrected chi connectivity index (χ2v) is 4.37. The van der Waals surface area contributed by atoms with Crippen molar-refractivity contribution in [1.29, 1.82) is 0 Å². The predicted octanol–water partition coefficient (Wildman–Crippen LogP) is 2.90. The number of allylic oxidation sites excluding steroid dienone is 1. The molecule has 1 unspecified atom stereocenters. The molecule has 1 aliphatic heterocycles. The lowest BCUT2D eigenvalue weighted by atomic mass is 10.2. The monoisotopic (exact) mass is 194 g/mol. The molecule has 0 amide bonds. The largest absolute Gasteiger partial charge is 0.270 e. The van der Waals surface area contributed by atoms with Gasteiger partial charge in [-0.15, -0.1) is 11.8 Å². The lowest BCUT2D eigenvalue weighted by molar-refractivity contribution is 0.627. The molecular formula is C10H14N2S. The first-order chi connectivity index (χ1) is 6.31. The molecule has 0 fully saturated rings. The highest BCUT2D eigenvalue weighted by molar-refractivity contribution is 8.02. The summed E-state index contributed by atoms with van der Waals surface area (Å²) in [6, 6.07) is 2.20. The average molecular weight is 194 g/mol. The number of rotatable bonds is 2. The van der Waals surface area contributed by atoms with Crippen LogP contribution in [0.5, 0.6) is 0 Å². The van der Waals surface area contributed by atoms with Crippen molar-refractivity contribution in [3.63, 3.8) is 0 Å². The van der Waals surface area contributed by atoms with Crippen LogP contribution in [0.3, 0.4) is 0 Å². The molecule has 70 valence electrons. The molecule has 1 aromatic rings. The van der Waals surface area contributed by atoms with Crippen LogP contribution in [0.2, 0.25) is 0 Å². The van der Waals surface area contributed by atoms with E-state index in [9.17, 15) is 0 Å². The van der Waals surface area contributed by atoms with Gasteiger partial charge in [-0.2, -0.15) is 5.10 Å². The third kappa shape index (κ3) is 1.66. The normalized spacial score (nSPS) is 21.2. The summed E-state index contributed by atoms with van der Waals surface area (Å²) < 4.78 is 2.06. The molecule has 0 spiro atoms. The van der Waals surface area contributed by atoms with Gasteiger partial charge in [-0.25, -0.2) is 0 Å². The smallest absolute Gasteiger partial charge is 0.0763 e. The third-order valence-corrected chi connectivity index (χ3v) is 3.43. The van der Waals surface area contributed by atoms with Gasteiger partial charge in [0.2, 0.25) is 0 Å². The molecule has 2 heterocycles. The van der Waals surface area contributed by atoms with Crippen molar-refractivity contribution in [2.75, 3.05) is 0 Å². The van der Waals surface area contributed by atoms with Crippen molar-refractivity contribution < 1.29 is 0 Å². The zero-order valence-electron chi connectivity index (χ0n) is 8.03. The minimum atomic E-state index is 0.562. The van der Waals surface area contributed by atoms with E-state index in [1.807, 2.05) is 11.8 Å². The fourth-order valence-corrected chi connectivity index (χ4v) is 2.48. The van der Waals surface area contributed by atoms with Crippen molar-refractivity contribution in [2.24, 2.45) is 0 Å². The number of aromatic nitrogens is 2. The van der Waals surface area contributed by atoms with Crippen molar-refractivity contribution in [1.82, 2.24) is 9.78 Å². The van der Waals surface area contributed by atoms with Gasteiger partial charge in [0.25, 0.3) is 0 Å². The van der Waals surface area contributed by atoms with Crippen molar-refractivity contribution in [3.05, 3.63) is 28.9 Å². The SMILES string of the molecule is CCn1nc(C2CC=CS2)cc1C.